The van der Waals surface area contributed by atoms with Crippen molar-refractivity contribution in [2.24, 2.45) is 0 Å². The van der Waals surface area contributed by atoms with E-state index in [1.165, 1.54) is 21.3 Å². The van der Waals surface area contributed by atoms with Gasteiger partial charge >= 0.3 is 0 Å². The number of ether oxygens (including phenoxy) is 3. The Bertz CT molecular complexity index is 792. The summed E-state index contributed by atoms with van der Waals surface area (Å²) in [6.45, 7) is 0. The van der Waals surface area contributed by atoms with Crippen LogP contribution in [0.2, 0.25) is 0 Å². The highest BCUT2D eigenvalue weighted by Gasteiger charge is 2.19. The third-order valence-electron chi connectivity index (χ3n) is 3.20. The average molecular weight is 349 g/mol. The molecule has 2 heterocycles. The second kappa shape index (κ2) is 8.21. The molecule has 7 heteroatoms. The van der Waals surface area contributed by atoms with Crippen molar-refractivity contribution in [2.45, 2.75) is 0 Å². The van der Waals surface area contributed by atoms with Crippen LogP contribution >= 0.6 is 11.6 Å². The molecule has 1 N–H and O–H groups in total. The van der Waals surface area contributed by atoms with Gasteiger partial charge in [0.05, 0.1) is 32.5 Å². The van der Waals surface area contributed by atoms with Gasteiger partial charge < -0.3 is 19.2 Å². The number of pyridine rings is 1. The van der Waals surface area contributed by atoms with E-state index in [0.29, 0.717) is 28.5 Å². The normalized spacial score (nSPS) is 9.83. The lowest BCUT2D eigenvalue weighted by Gasteiger charge is -2.12. The lowest BCUT2D eigenvalue weighted by Crippen LogP contribution is -1.95. The van der Waals surface area contributed by atoms with Gasteiger partial charge in [0.2, 0.25) is 5.75 Å². The number of methoxy groups -OCH3 is 3. The molecule has 0 atom stereocenters. The fourth-order valence-electron chi connectivity index (χ4n) is 2.16. The number of aromatic nitrogens is 2. The molecular formula is C17H17ClN2O4. The number of H-pyrrole nitrogens is 1. The van der Waals surface area contributed by atoms with Gasteiger partial charge in [0.15, 0.2) is 11.5 Å². The predicted molar refractivity (Wildman–Crippen MR) is 92.4 cm³/mol. The molecule has 0 aliphatic heterocycles. The molecule has 0 spiro atoms. The number of nitrogens with zero attached hydrogens (tertiary/aromatic N) is 1. The Balaban J connectivity index is 0.000000292. The van der Waals surface area contributed by atoms with Crippen LogP contribution in [0.3, 0.4) is 0 Å². The molecule has 24 heavy (non-hydrogen) atoms. The molecule has 0 saturated heterocycles. The van der Waals surface area contributed by atoms with Crippen LogP contribution in [-0.4, -0.2) is 36.5 Å². The van der Waals surface area contributed by atoms with Crippen molar-refractivity contribution >= 4 is 27.7 Å². The van der Waals surface area contributed by atoms with E-state index in [4.69, 9.17) is 25.8 Å². The molecule has 0 unspecified atom stereocenters. The molecule has 0 saturated carbocycles. The summed E-state index contributed by atoms with van der Waals surface area (Å²) >= 11 is 5.44. The van der Waals surface area contributed by atoms with Crippen molar-refractivity contribution in [3.8, 4) is 17.2 Å². The topological polar surface area (TPSA) is 73.4 Å². The second-order valence-corrected chi connectivity index (χ2v) is 4.93. The summed E-state index contributed by atoms with van der Waals surface area (Å²) in [6.07, 6.45) is 3.50. The number of benzene rings is 1. The summed E-state index contributed by atoms with van der Waals surface area (Å²) in [5.74, 6) is 1.45. The highest BCUT2D eigenvalue weighted by molar-refractivity contribution is 6.67. The largest absolute Gasteiger partial charge is 0.493 e. The van der Waals surface area contributed by atoms with E-state index in [9.17, 15) is 4.79 Å². The lowest BCUT2D eigenvalue weighted by molar-refractivity contribution is 0.107. The number of hydrogen-bond donors (Lipinski definition) is 1. The first kappa shape index (κ1) is 17.6. The van der Waals surface area contributed by atoms with Crippen molar-refractivity contribution in [2.75, 3.05) is 21.3 Å². The van der Waals surface area contributed by atoms with E-state index in [2.05, 4.69) is 9.97 Å². The summed E-state index contributed by atoms with van der Waals surface area (Å²) in [5.41, 5.74) is 0.930. The molecule has 0 aliphatic rings. The van der Waals surface area contributed by atoms with Crippen molar-refractivity contribution in [1.29, 1.82) is 0 Å². The average Bonchev–Trinajstić information content (AvgIpc) is 3.06. The van der Waals surface area contributed by atoms with Gasteiger partial charge in [-0.05, 0) is 35.9 Å². The van der Waals surface area contributed by atoms with Gasteiger partial charge in [-0.25, -0.2) is 0 Å². The fourth-order valence-corrected chi connectivity index (χ4v) is 2.26. The number of aromatic amines is 1. The minimum atomic E-state index is -0.564. The van der Waals surface area contributed by atoms with Crippen LogP contribution in [0.5, 0.6) is 17.2 Å². The van der Waals surface area contributed by atoms with Gasteiger partial charge in [0, 0.05) is 17.8 Å². The SMILES string of the molecule is COc1cc2cc(C(=O)Cl)[nH]c2c(OC)c1OC.c1ccncc1. The molecule has 0 fully saturated rings. The van der Waals surface area contributed by atoms with Crippen LogP contribution in [0.1, 0.15) is 10.5 Å². The zero-order valence-corrected chi connectivity index (χ0v) is 14.3. The molecule has 1 aromatic carbocycles. The molecule has 2 aromatic heterocycles. The first-order chi connectivity index (χ1) is 11.6. The van der Waals surface area contributed by atoms with Gasteiger partial charge in [-0.2, -0.15) is 0 Å². The molecule has 0 aliphatic carbocycles. The zero-order valence-electron chi connectivity index (χ0n) is 13.5. The Hall–Kier alpha value is -2.73. The number of carbonyl (C=O) groups excluding carboxylic acids is 1. The minimum absolute atomic E-state index is 0.292. The Morgan fingerprint density at radius 1 is 1.00 bits per heavy atom. The highest BCUT2D eigenvalue weighted by Crippen LogP contribution is 2.43. The Labute approximate surface area is 144 Å². The van der Waals surface area contributed by atoms with Crippen LogP contribution in [0.15, 0.2) is 42.7 Å². The van der Waals surface area contributed by atoms with E-state index in [-0.39, 0.29) is 0 Å². The molecular weight excluding hydrogens is 332 g/mol. The number of carbonyl (C=O) groups is 1. The standard InChI is InChI=1S/C12H12ClNO4.C5H5N/c1-16-8-5-6-4-7(12(13)15)14-9(6)11(18-3)10(8)17-2;1-2-4-6-5-3-1/h4-5,14H,1-3H3;1-5H. The third-order valence-corrected chi connectivity index (χ3v) is 3.40. The monoisotopic (exact) mass is 348 g/mol. The maximum absolute atomic E-state index is 11.2. The third kappa shape index (κ3) is 3.78. The molecule has 6 nitrogen and oxygen atoms in total. The second-order valence-electron chi connectivity index (χ2n) is 4.59. The van der Waals surface area contributed by atoms with Gasteiger partial charge in [0.25, 0.3) is 5.24 Å². The van der Waals surface area contributed by atoms with Crippen LogP contribution in [0.4, 0.5) is 0 Å². The minimum Gasteiger partial charge on any atom is -0.493 e. The first-order valence-electron chi connectivity index (χ1n) is 6.98. The number of hydrogen-bond acceptors (Lipinski definition) is 5. The van der Waals surface area contributed by atoms with Gasteiger partial charge in [-0.3, -0.25) is 9.78 Å². The number of halogens is 1. The van der Waals surface area contributed by atoms with Gasteiger partial charge in [-0.15, -0.1) is 0 Å². The van der Waals surface area contributed by atoms with Crippen LogP contribution in [0.25, 0.3) is 10.9 Å². The molecule has 126 valence electrons. The van der Waals surface area contributed by atoms with Crippen LogP contribution in [-0.2, 0) is 0 Å². The molecule has 0 radical (unpaired) electrons. The summed E-state index contributed by atoms with van der Waals surface area (Å²) in [4.78, 5) is 17.8. The molecule has 3 rings (SSSR count). The zero-order chi connectivity index (χ0) is 17.5. The lowest BCUT2D eigenvalue weighted by atomic mass is 10.2. The number of fused-ring (bicyclic) bond motifs is 1. The molecule has 3 aromatic rings. The van der Waals surface area contributed by atoms with Crippen molar-refractivity contribution in [3.63, 3.8) is 0 Å². The summed E-state index contributed by atoms with van der Waals surface area (Å²) in [5, 5.41) is 0.194. The summed E-state index contributed by atoms with van der Waals surface area (Å²) in [6, 6.07) is 9.10. The van der Waals surface area contributed by atoms with Crippen molar-refractivity contribution in [1.82, 2.24) is 9.97 Å². The first-order valence-corrected chi connectivity index (χ1v) is 7.36. The predicted octanol–water partition coefficient (Wildman–Crippen LogP) is 3.65. The number of nitrogens with one attached hydrogen (secondary N) is 1. The maximum atomic E-state index is 11.2. The quantitative estimate of drug-likeness (QED) is 0.728. The maximum Gasteiger partial charge on any atom is 0.268 e. The van der Waals surface area contributed by atoms with E-state index >= 15 is 0 Å². The summed E-state index contributed by atoms with van der Waals surface area (Å²) < 4.78 is 15.8. The van der Waals surface area contributed by atoms with E-state index in [1.54, 1.807) is 24.5 Å². The summed E-state index contributed by atoms with van der Waals surface area (Å²) in [7, 11) is 4.56. The molecule has 0 bridgehead atoms. The fraction of sp³-hybridized carbons (Fsp3) is 0.176. The van der Waals surface area contributed by atoms with Crippen molar-refractivity contribution in [3.05, 3.63) is 48.4 Å². The molecule has 0 amide bonds. The van der Waals surface area contributed by atoms with Crippen LogP contribution in [0, 0.1) is 0 Å². The van der Waals surface area contributed by atoms with Crippen molar-refractivity contribution < 1.29 is 19.0 Å². The Kier molecular flexibility index (Phi) is 6.03. The highest BCUT2D eigenvalue weighted by atomic mass is 35.5. The van der Waals surface area contributed by atoms with E-state index in [1.807, 2.05) is 18.2 Å². The Morgan fingerprint density at radius 3 is 2.08 bits per heavy atom. The number of rotatable bonds is 4. The smallest absolute Gasteiger partial charge is 0.268 e. The Morgan fingerprint density at radius 2 is 1.67 bits per heavy atom. The van der Waals surface area contributed by atoms with E-state index < -0.39 is 5.24 Å². The van der Waals surface area contributed by atoms with Gasteiger partial charge in [0.1, 0.15) is 0 Å². The van der Waals surface area contributed by atoms with Gasteiger partial charge in [-0.1, -0.05) is 6.07 Å². The van der Waals surface area contributed by atoms with Crippen LogP contribution < -0.4 is 14.2 Å². The van der Waals surface area contributed by atoms with E-state index in [0.717, 1.165) is 5.39 Å².